The van der Waals surface area contributed by atoms with Gasteiger partial charge in [0.1, 0.15) is 5.69 Å². The molecule has 3 heterocycles. The van der Waals surface area contributed by atoms with E-state index in [9.17, 15) is 18.0 Å². The second-order valence-corrected chi connectivity index (χ2v) is 8.76. The molecule has 1 N–H and O–H groups in total. The average molecular weight is 466 g/mol. The standard InChI is InChI=1S/C24H30F3N3O3/c1-4-16(2)33-18-6-5-17(15-19(18)32-3)22(31)29-12-9-23(10-13-29)20-7-8-21(24(25,26)27)30(20)14-11-28-23/h5-8,15-16,28H,4,9-14H2,1-3H3. The average Bonchev–Trinajstić information content (AvgIpc) is 3.26. The zero-order valence-corrected chi connectivity index (χ0v) is 19.2. The van der Waals surface area contributed by atoms with Crippen LogP contribution in [0.4, 0.5) is 13.2 Å². The smallest absolute Gasteiger partial charge is 0.431 e. The van der Waals surface area contributed by atoms with Crippen molar-refractivity contribution < 1.29 is 27.4 Å². The third-order valence-electron chi connectivity index (χ3n) is 6.78. The molecule has 2 aliphatic rings. The van der Waals surface area contributed by atoms with Gasteiger partial charge in [0.25, 0.3) is 5.91 Å². The number of carbonyl (C=O) groups excluding carboxylic acids is 1. The number of methoxy groups -OCH3 is 1. The maximum atomic E-state index is 13.4. The predicted molar refractivity (Wildman–Crippen MR) is 118 cm³/mol. The largest absolute Gasteiger partial charge is 0.493 e. The second kappa shape index (κ2) is 8.93. The number of alkyl halides is 3. The molecule has 1 saturated heterocycles. The van der Waals surface area contributed by atoms with Gasteiger partial charge in [0.05, 0.1) is 18.8 Å². The van der Waals surface area contributed by atoms with E-state index >= 15 is 0 Å². The molecule has 9 heteroatoms. The number of nitrogens with one attached hydrogen (secondary N) is 1. The zero-order valence-electron chi connectivity index (χ0n) is 19.2. The van der Waals surface area contributed by atoms with Crippen LogP contribution in [0.2, 0.25) is 0 Å². The summed E-state index contributed by atoms with van der Waals surface area (Å²) in [5.41, 5.74) is -0.00629. The Morgan fingerprint density at radius 3 is 2.52 bits per heavy atom. The molecule has 0 radical (unpaired) electrons. The van der Waals surface area contributed by atoms with Gasteiger partial charge in [-0.3, -0.25) is 4.79 Å². The molecule has 0 aliphatic carbocycles. The summed E-state index contributed by atoms with van der Waals surface area (Å²) in [5, 5.41) is 3.44. The van der Waals surface area contributed by atoms with Crippen LogP contribution >= 0.6 is 0 Å². The van der Waals surface area contributed by atoms with Gasteiger partial charge in [-0.05, 0) is 56.5 Å². The molecule has 1 amide bonds. The highest BCUT2D eigenvalue weighted by atomic mass is 19.4. The molecule has 180 valence electrons. The Hall–Kier alpha value is -2.68. The fraction of sp³-hybridized carbons (Fsp3) is 0.542. The van der Waals surface area contributed by atoms with Crippen molar-refractivity contribution in [3.63, 3.8) is 0 Å². The fourth-order valence-electron chi connectivity index (χ4n) is 4.78. The summed E-state index contributed by atoms with van der Waals surface area (Å²) >= 11 is 0. The van der Waals surface area contributed by atoms with E-state index in [2.05, 4.69) is 5.32 Å². The van der Waals surface area contributed by atoms with Gasteiger partial charge in [-0.15, -0.1) is 0 Å². The minimum atomic E-state index is -4.38. The molecule has 1 fully saturated rings. The van der Waals surface area contributed by atoms with E-state index in [1.165, 1.54) is 11.7 Å². The van der Waals surface area contributed by atoms with Crippen molar-refractivity contribution in [2.75, 3.05) is 26.7 Å². The number of hydrogen-bond acceptors (Lipinski definition) is 4. The van der Waals surface area contributed by atoms with Gasteiger partial charge in [0, 0.05) is 37.4 Å². The number of aromatic nitrogens is 1. The molecule has 1 unspecified atom stereocenters. The third kappa shape index (κ3) is 4.43. The molecule has 6 nitrogen and oxygen atoms in total. The molecule has 0 bridgehead atoms. The van der Waals surface area contributed by atoms with E-state index in [0.29, 0.717) is 55.2 Å². The molecule has 0 saturated carbocycles. The highest BCUT2D eigenvalue weighted by Crippen LogP contribution is 2.40. The third-order valence-corrected chi connectivity index (χ3v) is 6.78. The van der Waals surface area contributed by atoms with E-state index in [4.69, 9.17) is 9.47 Å². The fourth-order valence-corrected chi connectivity index (χ4v) is 4.78. The number of piperidine rings is 1. The van der Waals surface area contributed by atoms with Crippen LogP contribution in [0.25, 0.3) is 0 Å². The molecular weight excluding hydrogens is 435 g/mol. The summed E-state index contributed by atoms with van der Waals surface area (Å²) in [7, 11) is 1.54. The van der Waals surface area contributed by atoms with E-state index in [-0.39, 0.29) is 18.6 Å². The highest BCUT2D eigenvalue weighted by Gasteiger charge is 2.44. The summed E-state index contributed by atoms with van der Waals surface area (Å²) in [6.45, 7) is 5.65. The minimum absolute atomic E-state index is 0.0264. The lowest BCUT2D eigenvalue weighted by Crippen LogP contribution is -2.56. The van der Waals surface area contributed by atoms with Gasteiger partial charge in [-0.25, -0.2) is 0 Å². The number of benzene rings is 1. The van der Waals surface area contributed by atoms with Crippen LogP contribution in [0.1, 0.15) is 54.9 Å². The van der Waals surface area contributed by atoms with Crippen molar-refractivity contribution in [1.82, 2.24) is 14.8 Å². The number of hydrogen-bond donors (Lipinski definition) is 1. The van der Waals surface area contributed by atoms with Gasteiger partial charge in [0.15, 0.2) is 11.5 Å². The number of carbonyl (C=O) groups is 1. The summed E-state index contributed by atoms with van der Waals surface area (Å²) in [5.74, 6) is 0.968. The van der Waals surface area contributed by atoms with E-state index in [0.717, 1.165) is 12.5 Å². The maximum absolute atomic E-state index is 13.4. The Morgan fingerprint density at radius 2 is 1.88 bits per heavy atom. The van der Waals surface area contributed by atoms with Crippen LogP contribution < -0.4 is 14.8 Å². The lowest BCUT2D eigenvalue weighted by molar-refractivity contribution is -0.144. The number of rotatable bonds is 5. The van der Waals surface area contributed by atoms with Crippen LogP contribution in [0.3, 0.4) is 0 Å². The van der Waals surface area contributed by atoms with Crippen molar-refractivity contribution in [3.8, 4) is 11.5 Å². The van der Waals surface area contributed by atoms with Crippen molar-refractivity contribution in [2.24, 2.45) is 0 Å². The van der Waals surface area contributed by atoms with Crippen molar-refractivity contribution in [3.05, 3.63) is 47.3 Å². The molecule has 1 spiro atoms. The molecular formula is C24H30F3N3O3. The summed E-state index contributed by atoms with van der Waals surface area (Å²) in [6.07, 6.45) is -2.41. The van der Waals surface area contributed by atoms with Gasteiger partial charge in [0.2, 0.25) is 0 Å². The van der Waals surface area contributed by atoms with E-state index in [1.807, 2.05) is 13.8 Å². The molecule has 1 aromatic carbocycles. The number of halogens is 3. The Labute approximate surface area is 191 Å². The van der Waals surface area contributed by atoms with Crippen LogP contribution in [-0.2, 0) is 18.3 Å². The summed E-state index contributed by atoms with van der Waals surface area (Å²) in [6, 6.07) is 7.90. The lowest BCUT2D eigenvalue weighted by atomic mass is 9.83. The topological polar surface area (TPSA) is 55.7 Å². The van der Waals surface area contributed by atoms with Gasteiger partial charge in [-0.1, -0.05) is 6.92 Å². The molecule has 4 rings (SSSR count). The van der Waals surface area contributed by atoms with Crippen molar-refractivity contribution in [2.45, 2.75) is 57.5 Å². The first-order chi connectivity index (χ1) is 15.7. The van der Waals surface area contributed by atoms with Crippen LogP contribution in [0.5, 0.6) is 11.5 Å². The molecule has 1 atom stereocenters. The molecule has 2 aliphatic heterocycles. The number of amides is 1. The maximum Gasteiger partial charge on any atom is 0.431 e. The number of likely N-dealkylation sites (tertiary alicyclic amines) is 1. The number of ether oxygens (including phenoxy) is 2. The van der Waals surface area contributed by atoms with Crippen molar-refractivity contribution >= 4 is 5.91 Å². The predicted octanol–water partition coefficient (Wildman–Crippen LogP) is 4.43. The van der Waals surface area contributed by atoms with Gasteiger partial charge in [-0.2, -0.15) is 13.2 Å². The molecule has 1 aromatic heterocycles. The molecule has 2 aromatic rings. The second-order valence-electron chi connectivity index (χ2n) is 8.76. The first-order valence-electron chi connectivity index (χ1n) is 11.3. The highest BCUT2D eigenvalue weighted by molar-refractivity contribution is 5.95. The quantitative estimate of drug-likeness (QED) is 0.710. The zero-order chi connectivity index (χ0) is 23.8. The first-order valence-corrected chi connectivity index (χ1v) is 11.3. The van der Waals surface area contributed by atoms with Gasteiger partial charge >= 0.3 is 6.18 Å². The van der Waals surface area contributed by atoms with Gasteiger partial charge < -0.3 is 24.3 Å². The number of fused-ring (bicyclic) bond motifs is 2. The van der Waals surface area contributed by atoms with Crippen LogP contribution in [0, 0.1) is 0 Å². The summed E-state index contributed by atoms with van der Waals surface area (Å²) < 4.78 is 52.8. The minimum Gasteiger partial charge on any atom is -0.493 e. The van der Waals surface area contributed by atoms with E-state index < -0.39 is 17.4 Å². The Kier molecular flexibility index (Phi) is 6.35. The SMILES string of the molecule is CCC(C)Oc1ccc(C(=O)N2CCC3(CC2)NCCn2c(C(F)(F)F)ccc23)cc1OC. The normalized spacial score (nSPS) is 18.7. The van der Waals surface area contributed by atoms with E-state index in [1.54, 1.807) is 29.2 Å². The monoisotopic (exact) mass is 465 g/mol. The molecule has 33 heavy (non-hydrogen) atoms. The summed E-state index contributed by atoms with van der Waals surface area (Å²) in [4.78, 5) is 14.9. The first kappa shape index (κ1) is 23.5. The number of nitrogens with zero attached hydrogens (tertiary/aromatic N) is 2. The van der Waals surface area contributed by atoms with Crippen LogP contribution in [-0.4, -0.2) is 48.2 Å². The Bertz CT molecular complexity index is 1010. The van der Waals surface area contributed by atoms with Crippen LogP contribution in [0.15, 0.2) is 30.3 Å². The Morgan fingerprint density at radius 1 is 1.15 bits per heavy atom. The van der Waals surface area contributed by atoms with Crippen molar-refractivity contribution in [1.29, 1.82) is 0 Å². The Balaban J connectivity index is 1.49. The lowest BCUT2D eigenvalue weighted by Gasteiger charge is -2.45.